The number of carbonyl (C=O) groups is 3. The molecule has 0 atom stereocenters. The molecule has 1 aliphatic rings. The third-order valence-corrected chi connectivity index (χ3v) is 4.73. The highest BCUT2D eigenvalue weighted by Crippen LogP contribution is 2.24. The zero-order valence-corrected chi connectivity index (χ0v) is 17.1. The van der Waals surface area contributed by atoms with Gasteiger partial charge in [0, 0.05) is 0 Å². The molecule has 0 saturated carbocycles. The Labute approximate surface area is 184 Å². The summed E-state index contributed by atoms with van der Waals surface area (Å²) in [5, 5.41) is 7.61. The van der Waals surface area contributed by atoms with E-state index in [0.717, 1.165) is 5.01 Å². The van der Waals surface area contributed by atoms with Crippen LogP contribution in [0.15, 0.2) is 77.9 Å². The van der Waals surface area contributed by atoms with Crippen LogP contribution in [0.4, 0.5) is 5.69 Å². The molecule has 3 aromatic rings. The van der Waals surface area contributed by atoms with Crippen molar-refractivity contribution >= 4 is 29.6 Å². The predicted molar refractivity (Wildman–Crippen MR) is 118 cm³/mol. The second-order valence-electron chi connectivity index (χ2n) is 6.82. The van der Waals surface area contributed by atoms with Crippen LogP contribution in [0.3, 0.4) is 0 Å². The highest BCUT2D eigenvalue weighted by molar-refractivity contribution is 6.21. The summed E-state index contributed by atoms with van der Waals surface area (Å²) in [7, 11) is 1.53. The summed E-state index contributed by atoms with van der Waals surface area (Å²) in [6, 6.07) is 20.4. The number of hydrazone groups is 1. The Balaban J connectivity index is 1.33. The molecule has 0 bridgehead atoms. The number of nitrogens with zero attached hydrogens (tertiary/aromatic N) is 2. The van der Waals surface area contributed by atoms with E-state index in [9.17, 15) is 14.4 Å². The van der Waals surface area contributed by atoms with Gasteiger partial charge in [-0.05, 0) is 54.1 Å². The van der Waals surface area contributed by atoms with E-state index in [0.29, 0.717) is 33.9 Å². The Morgan fingerprint density at radius 3 is 2.22 bits per heavy atom. The van der Waals surface area contributed by atoms with Crippen LogP contribution >= 0.6 is 0 Å². The largest absolute Gasteiger partial charge is 0.495 e. The highest BCUT2D eigenvalue weighted by atomic mass is 16.5. The van der Waals surface area contributed by atoms with Gasteiger partial charge in [-0.15, -0.1) is 0 Å². The van der Waals surface area contributed by atoms with Crippen LogP contribution < -0.4 is 14.8 Å². The summed E-state index contributed by atoms with van der Waals surface area (Å²) >= 11 is 0. The van der Waals surface area contributed by atoms with Gasteiger partial charge in [-0.3, -0.25) is 14.4 Å². The first-order chi connectivity index (χ1) is 15.6. The van der Waals surface area contributed by atoms with Gasteiger partial charge in [-0.1, -0.05) is 24.3 Å². The number of hydrogen-bond acceptors (Lipinski definition) is 6. The molecule has 0 spiro atoms. The van der Waals surface area contributed by atoms with Crippen molar-refractivity contribution in [1.29, 1.82) is 0 Å². The van der Waals surface area contributed by atoms with E-state index in [1.54, 1.807) is 66.7 Å². The standard InChI is InChI=1S/C24H19N3O5/c1-31-21-9-5-4-8-20(21)26-22(28)15-32-17-12-10-16(11-13-17)14-25-27-23(29)18-6-2-3-7-19(18)24(27)30/h2-14H,15H2,1H3,(H,26,28)/b25-14-. The number of fused-ring (bicyclic) bond motifs is 1. The predicted octanol–water partition coefficient (Wildman–Crippen LogP) is 3.34. The Bertz CT molecular complexity index is 1170. The van der Waals surface area contributed by atoms with E-state index < -0.39 is 11.8 Å². The maximum atomic E-state index is 12.3. The molecular weight excluding hydrogens is 410 g/mol. The summed E-state index contributed by atoms with van der Waals surface area (Å²) < 4.78 is 10.7. The molecule has 1 heterocycles. The number of benzene rings is 3. The molecule has 160 valence electrons. The van der Waals surface area contributed by atoms with Gasteiger partial charge in [0.25, 0.3) is 17.7 Å². The number of nitrogens with one attached hydrogen (secondary N) is 1. The Kier molecular flexibility index (Phi) is 5.94. The van der Waals surface area contributed by atoms with Gasteiger partial charge in [-0.2, -0.15) is 10.1 Å². The number of imide groups is 1. The first-order valence-corrected chi connectivity index (χ1v) is 9.74. The van der Waals surface area contributed by atoms with Crippen LogP contribution in [0, 0.1) is 0 Å². The van der Waals surface area contributed by atoms with Crippen molar-refractivity contribution in [3.8, 4) is 11.5 Å². The summed E-state index contributed by atoms with van der Waals surface area (Å²) in [6.45, 7) is -0.180. The van der Waals surface area contributed by atoms with E-state index in [-0.39, 0.29) is 12.5 Å². The summed E-state index contributed by atoms with van der Waals surface area (Å²) in [6.07, 6.45) is 1.42. The van der Waals surface area contributed by atoms with Gasteiger partial charge in [0.15, 0.2) is 6.61 Å². The molecule has 0 radical (unpaired) electrons. The first kappa shape index (κ1) is 20.8. The lowest BCUT2D eigenvalue weighted by atomic mass is 10.1. The maximum absolute atomic E-state index is 12.3. The molecule has 3 amide bonds. The zero-order chi connectivity index (χ0) is 22.5. The molecule has 32 heavy (non-hydrogen) atoms. The number of rotatable bonds is 7. The lowest BCUT2D eigenvalue weighted by Crippen LogP contribution is -2.24. The van der Waals surface area contributed by atoms with Gasteiger partial charge >= 0.3 is 0 Å². The lowest BCUT2D eigenvalue weighted by molar-refractivity contribution is -0.118. The van der Waals surface area contributed by atoms with Gasteiger partial charge in [0.05, 0.1) is 30.1 Å². The first-order valence-electron chi connectivity index (χ1n) is 9.74. The molecule has 8 nitrogen and oxygen atoms in total. The number of amides is 3. The quantitative estimate of drug-likeness (QED) is 0.459. The second kappa shape index (κ2) is 9.13. The average Bonchev–Trinajstić information content (AvgIpc) is 3.07. The molecule has 1 aliphatic heterocycles. The number of ether oxygens (including phenoxy) is 2. The summed E-state index contributed by atoms with van der Waals surface area (Å²) in [4.78, 5) is 36.8. The molecule has 3 aromatic carbocycles. The third kappa shape index (κ3) is 4.34. The summed E-state index contributed by atoms with van der Waals surface area (Å²) in [5.41, 5.74) is 1.89. The number of para-hydroxylation sites is 2. The van der Waals surface area contributed by atoms with Crippen LogP contribution in [0.1, 0.15) is 26.3 Å². The Hall–Kier alpha value is -4.46. The number of hydrogen-bond donors (Lipinski definition) is 1. The minimum absolute atomic E-state index is 0.180. The number of methoxy groups -OCH3 is 1. The van der Waals surface area contributed by atoms with Crippen molar-refractivity contribution in [2.45, 2.75) is 0 Å². The van der Waals surface area contributed by atoms with Crippen molar-refractivity contribution in [3.63, 3.8) is 0 Å². The minimum Gasteiger partial charge on any atom is -0.495 e. The molecule has 0 aliphatic carbocycles. The normalized spacial score (nSPS) is 12.7. The van der Waals surface area contributed by atoms with Crippen molar-refractivity contribution in [3.05, 3.63) is 89.5 Å². The molecule has 0 aromatic heterocycles. The van der Waals surface area contributed by atoms with Crippen LogP contribution in [0.2, 0.25) is 0 Å². The monoisotopic (exact) mass is 429 g/mol. The SMILES string of the molecule is COc1ccccc1NC(=O)COc1ccc(/C=N\N2C(=O)c3ccccc3C2=O)cc1. The van der Waals surface area contributed by atoms with E-state index in [1.165, 1.54) is 13.3 Å². The minimum atomic E-state index is -0.456. The van der Waals surface area contributed by atoms with Crippen LogP contribution in [-0.2, 0) is 4.79 Å². The van der Waals surface area contributed by atoms with Gasteiger partial charge in [-0.25, -0.2) is 0 Å². The zero-order valence-electron chi connectivity index (χ0n) is 17.1. The van der Waals surface area contributed by atoms with E-state index in [1.807, 2.05) is 6.07 Å². The molecule has 1 N–H and O–H groups in total. The van der Waals surface area contributed by atoms with Crippen molar-refractivity contribution in [2.24, 2.45) is 5.10 Å². The fraction of sp³-hybridized carbons (Fsp3) is 0.0833. The fourth-order valence-corrected chi connectivity index (χ4v) is 3.14. The molecule has 0 fully saturated rings. The third-order valence-electron chi connectivity index (χ3n) is 4.73. The second-order valence-corrected chi connectivity index (χ2v) is 6.82. The van der Waals surface area contributed by atoms with Crippen molar-refractivity contribution in [1.82, 2.24) is 5.01 Å². The van der Waals surface area contributed by atoms with E-state index in [2.05, 4.69) is 10.4 Å². The Morgan fingerprint density at radius 1 is 0.938 bits per heavy atom. The average molecular weight is 429 g/mol. The topological polar surface area (TPSA) is 97.3 Å². The van der Waals surface area contributed by atoms with Gasteiger partial charge in [0.2, 0.25) is 0 Å². The van der Waals surface area contributed by atoms with Crippen molar-refractivity contribution < 1.29 is 23.9 Å². The molecule has 8 heteroatoms. The maximum Gasteiger partial charge on any atom is 0.282 e. The van der Waals surface area contributed by atoms with Gasteiger partial charge < -0.3 is 14.8 Å². The lowest BCUT2D eigenvalue weighted by Gasteiger charge is -2.10. The van der Waals surface area contributed by atoms with Crippen LogP contribution in [-0.4, -0.2) is 42.7 Å². The highest BCUT2D eigenvalue weighted by Gasteiger charge is 2.35. The van der Waals surface area contributed by atoms with Gasteiger partial charge in [0.1, 0.15) is 11.5 Å². The molecular formula is C24H19N3O5. The van der Waals surface area contributed by atoms with E-state index in [4.69, 9.17) is 9.47 Å². The molecule has 0 saturated heterocycles. The van der Waals surface area contributed by atoms with Crippen molar-refractivity contribution in [2.75, 3.05) is 19.0 Å². The van der Waals surface area contributed by atoms with E-state index >= 15 is 0 Å². The van der Waals surface area contributed by atoms with Crippen LogP contribution in [0.25, 0.3) is 0 Å². The smallest absolute Gasteiger partial charge is 0.282 e. The van der Waals surface area contributed by atoms with Crippen LogP contribution in [0.5, 0.6) is 11.5 Å². The number of carbonyl (C=O) groups excluding carboxylic acids is 3. The molecule has 4 rings (SSSR count). The number of anilines is 1. The summed E-state index contributed by atoms with van der Waals surface area (Å²) in [5.74, 6) is -0.197. The molecule has 0 unspecified atom stereocenters. The Morgan fingerprint density at radius 2 is 1.56 bits per heavy atom. The fourth-order valence-electron chi connectivity index (χ4n) is 3.14.